The van der Waals surface area contributed by atoms with E-state index in [-0.39, 0.29) is 24.6 Å². The van der Waals surface area contributed by atoms with Crippen LogP contribution in [0.4, 0.5) is 10.6 Å². The van der Waals surface area contributed by atoms with Crippen molar-refractivity contribution in [2.24, 2.45) is 5.10 Å². The second kappa shape index (κ2) is 7.48. The monoisotopic (exact) mass is 368 g/mol. The highest BCUT2D eigenvalue weighted by molar-refractivity contribution is 5.94. The maximum Gasteiger partial charge on any atom is 0.320 e. The first-order valence-corrected chi connectivity index (χ1v) is 9.36. The molecule has 0 spiro atoms. The number of likely N-dealkylation sites (N-methyl/N-ethyl adjacent to an activating group) is 1. The number of fused-ring (bicyclic) bond motifs is 1. The van der Waals surface area contributed by atoms with Gasteiger partial charge in [-0.3, -0.25) is 15.3 Å². The second-order valence-corrected chi connectivity index (χ2v) is 7.23. The van der Waals surface area contributed by atoms with Gasteiger partial charge in [-0.15, -0.1) is 0 Å². The summed E-state index contributed by atoms with van der Waals surface area (Å²) in [6.45, 7) is 0.619. The van der Waals surface area contributed by atoms with Gasteiger partial charge in [0.2, 0.25) is 0 Å². The fourth-order valence-electron chi connectivity index (χ4n) is 3.83. The summed E-state index contributed by atoms with van der Waals surface area (Å²) in [5.74, 6) is 0.498. The summed E-state index contributed by atoms with van der Waals surface area (Å²) >= 11 is 0. The average molecular weight is 368 g/mol. The zero-order valence-corrected chi connectivity index (χ0v) is 15.4. The number of aliphatic hydroxyl groups excluding tert-OH is 1. The summed E-state index contributed by atoms with van der Waals surface area (Å²) in [5, 5.41) is 21.5. The number of pyridine rings is 2. The Hall–Kier alpha value is -2.74. The first-order valence-electron chi connectivity index (χ1n) is 9.36. The molecular formula is C19H24N6O2. The molecule has 8 heteroatoms. The third-order valence-corrected chi connectivity index (χ3v) is 5.20. The fraction of sp³-hybridized carbons (Fsp3) is 0.474. The molecule has 0 aromatic carbocycles. The van der Waals surface area contributed by atoms with E-state index in [9.17, 15) is 9.90 Å². The Bertz CT molecular complexity index is 878. The van der Waals surface area contributed by atoms with Crippen molar-refractivity contribution >= 4 is 28.6 Å². The van der Waals surface area contributed by atoms with Gasteiger partial charge in [0.05, 0.1) is 23.4 Å². The van der Waals surface area contributed by atoms with E-state index >= 15 is 0 Å². The molecule has 0 saturated heterocycles. The van der Waals surface area contributed by atoms with E-state index in [1.807, 2.05) is 24.2 Å². The molecule has 1 saturated carbocycles. The molecule has 1 atom stereocenters. The molecule has 27 heavy (non-hydrogen) atoms. The molecule has 0 bridgehead atoms. The Morgan fingerprint density at radius 3 is 2.89 bits per heavy atom. The smallest absolute Gasteiger partial charge is 0.320 e. The summed E-state index contributed by atoms with van der Waals surface area (Å²) in [4.78, 5) is 21.2. The minimum Gasteiger partial charge on any atom is -0.390 e. The Kier molecular flexibility index (Phi) is 4.89. The molecule has 2 amide bonds. The molecule has 3 heterocycles. The van der Waals surface area contributed by atoms with E-state index in [0.717, 1.165) is 29.6 Å². The fourth-order valence-corrected chi connectivity index (χ4v) is 3.83. The lowest BCUT2D eigenvalue weighted by molar-refractivity contribution is 0.248. The lowest BCUT2D eigenvalue weighted by Gasteiger charge is -2.14. The van der Waals surface area contributed by atoms with Crippen LogP contribution in [0.15, 0.2) is 29.5 Å². The molecule has 0 radical (unpaired) electrons. The summed E-state index contributed by atoms with van der Waals surface area (Å²) in [7, 11) is 1.88. The standard InChI is InChI=1S/C19H24N6O2/c1-25-10-14(17(11-26)24-25)12-8-16-15(20-9-12)6-7-18(22-16)23-19(27)21-13-4-2-3-5-13/h6-9,13-14,26H,2-5,10-11H2,1H3,(H2,21,22,23,27). The minimum atomic E-state index is -0.218. The lowest BCUT2D eigenvalue weighted by atomic mass is 9.96. The number of nitrogens with one attached hydrogen (secondary N) is 2. The molecule has 1 aliphatic heterocycles. The predicted molar refractivity (Wildman–Crippen MR) is 104 cm³/mol. The van der Waals surface area contributed by atoms with Crippen LogP contribution in [0.25, 0.3) is 11.0 Å². The largest absolute Gasteiger partial charge is 0.390 e. The third kappa shape index (κ3) is 3.85. The van der Waals surface area contributed by atoms with Crippen molar-refractivity contribution in [1.29, 1.82) is 0 Å². The Balaban J connectivity index is 1.52. The van der Waals surface area contributed by atoms with E-state index in [0.29, 0.717) is 17.9 Å². The number of nitrogens with zero attached hydrogens (tertiary/aromatic N) is 4. The maximum absolute atomic E-state index is 12.2. The van der Waals surface area contributed by atoms with Crippen LogP contribution >= 0.6 is 0 Å². The summed E-state index contributed by atoms with van der Waals surface area (Å²) < 4.78 is 0. The van der Waals surface area contributed by atoms with Crippen LogP contribution in [-0.4, -0.2) is 58.1 Å². The van der Waals surface area contributed by atoms with Gasteiger partial charge < -0.3 is 10.4 Å². The summed E-state index contributed by atoms with van der Waals surface area (Å²) in [5.41, 5.74) is 3.15. The van der Waals surface area contributed by atoms with Crippen LogP contribution in [0, 0.1) is 0 Å². The van der Waals surface area contributed by atoms with Crippen molar-refractivity contribution in [3.63, 3.8) is 0 Å². The third-order valence-electron chi connectivity index (χ3n) is 5.20. The molecule has 4 rings (SSSR count). The zero-order valence-electron chi connectivity index (χ0n) is 15.4. The number of aromatic nitrogens is 2. The molecule has 142 valence electrons. The van der Waals surface area contributed by atoms with E-state index in [1.54, 1.807) is 12.3 Å². The Labute approximate surface area is 157 Å². The van der Waals surface area contributed by atoms with E-state index in [4.69, 9.17) is 0 Å². The van der Waals surface area contributed by atoms with Crippen LogP contribution in [0.5, 0.6) is 0 Å². The van der Waals surface area contributed by atoms with Gasteiger partial charge in [-0.1, -0.05) is 12.8 Å². The highest BCUT2D eigenvalue weighted by Gasteiger charge is 2.26. The number of rotatable bonds is 4. The van der Waals surface area contributed by atoms with E-state index < -0.39 is 0 Å². The number of urea groups is 1. The first-order chi connectivity index (χ1) is 13.1. The highest BCUT2D eigenvalue weighted by atomic mass is 16.3. The first kappa shape index (κ1) is 17.7. The number of hydrazone groups is 1. The van der Waals surface area contributed by atoms with Crippen molar-refractivity contribution in [2.45, 2.75) is 37.6 Å². The quantitative estimate of drug-likeness (QED) is 0.767. The minimum absolute atomic E-state index is 0.000908. The summed E-state index contributed by atoms with van der Waals surface area (Å²) in [6, 6.07) is 5.60. The van der Waals surface area contributed by atoms with Crippen molar-refractivity contribution in [3.8, 4) is 0 Å². The Morgan fingerprint density at radius 1 is 1.30 bits per heavy atom. The van der Waals surface area contributed by atoms with E-state index in [1.165, 1.54) is 12.8 Å². The van der Waals surface area contributed by atoms with E-state index in [2.05, 4.69) is 25.7 Å². The molecule has 3 N–H and O–H groups in total. The molecule has 1 fully saturated rings. The second-order valence-electron chi connectivity index (χ2n) is 7.23. The number of anilines is 1. The zero-order chi connectivity index (χ0) is 18.8. The number of carbonyl (C=O) groups excluding carboxylic acids is 1. The summed E-state index contributed by atoms with van der Waals surface area (Å²) in [6.07, 6.45) is 6.22. The average Bonchev–Trinajstić information content (AvgIpc) is 3.30. The molecule has 2 aliphatic rings. The van der Waals surface area contributed by atoms with Gasteiger partial charge in [0, 0.05) is 31.7 Å². The van der Waals surface area contributed by atoms with Crippen molar-refractivity contribution in [1.82, 2.24) is 20.3 Å². The van der Waals surface area contributed by atoms with Gasteiger partial charge in [-0.25, -0.2) is 9.78 Å². The molecule has 2 aromatic rings. The van der Waals surface area contributed by atoms with Gasteiger partial charge >= 0.3 is 6.03 Å². The molecule has 8 nitrogen and oxygen atoms in total. The molecule has 2 aromatic heterocycles. The predicted octanol–water partition coefficient (Wildman–Crippen LogP) is 2.07. The molecule has 1 unspecified atom stereocenters. The van der Waals surface area contributed by atoms with Gasteiger partial charge in [0.15, 0.2) is 0 Å². The maximum atomic E-state index is 12.2. The van der Waals surface area contributed by atoms with Gasteiger partial charge in [-0.05, 0) is 36.6 Å². The lowest BCUT2D eigenvalue weighted by Crippen LogP contribution is -2.36. The molecule has 1 aliphatic carbocycles. The number of hydrogen-bond acceptors (Lipinski definition) is 6. The van der Waals surface area contributed by atoms with Crippen LogP contribution < -0.4 is 10.6 Å². The number of hydrogen-bond donors (Lipinski definition) is 3. The van der Waals surface area contributed by atoms with Crippen molar-refractivity contribution < 1.29 is 9.90 Å². The number of carbonyl (C=O) groups is 1. The Morgan fingerprint density at radius 2 is 2.11 bits per heavy atom. The van der Waals surface area contributed by atoms with Gasteiger partial charge in [0.1, 0.15) is 5.82 Å². The molecular weight excluding hydrogens is 344 g/mol. The highest BCUT2D eigenvalue weighted by Crippen LogP contribution is 2.26. The van der Waals surface area contributed by atoms with Gasteiger partial charge in [-0.2, -0.15) is 5.10 Å². The van der Waals surface area contributed by atoms with Crippen LogP contribution in [0.3, 0.4) is 0 Å². The number of aliphatic hydroxyl groups is 1. The van der Waals surface area contributed by atoms with Gasteiger partial charge in [0.25, 0.3) is 0 Å². The van der Waals surface area contributed by atoms with Crippen molar-refractivity contribution in [3.05, 3.63) is 30.0 Å². The SMILES string of the molecule is CN1CC(c2cnc3ccc(NC(=O)NC4CCCC4)nc3c2)C(CO)=N1. The normalized spacial score (nSPS) is 20.1. The number of amides is 2. The topological polar surface area (TPSA) is 103 Å². The van der Waals surface area contributed by atoms with Crippen LogP contribution in [-0.2, 0) is 0 Å². The van der Waals surface area contributed by atoms with Crippen LogP contribution in [0.2, 0.25) is 0 Å². The van der Waals surface area contributed by atoms with Crippen LogP contribution in [0.1, 0.15) is 37.2 Å². The van der Waals surface area contributed by atoms with Crippen molar-refractivity contribution in [2.75, 3.05) is 25.5 Å².